The highest BCUT2D eigenvalue weighted by Crippen LogP contribution is 2.28. The van der Waals surface area contributed by atoms with Gasteiger partial charge in [0.15, 0.2) is 0 Å². The maximum absolute atomic E-state index is 12.0. The van der Waals surface area contributed by atoms with E-state index < -0.39 is 10.0 Å². The molecule has 118 valence electrons. The molecule has 0 saturated heterocycles. The van der Waals surface area contributed by atoms with Crippen LogP contribution in [-0.4, -0.2) is 27.6 Å². The van der Waals surface area contributed by atoms with Crippen LogP contribution in [0.3, 0.4) is 0 Å². The fourth-order valence-corrected chi connectivity index (χ4v) is 3.57. The van der Waals surface area contributed by atoms with Crippen LogP contribution in [0.1, 0.15) is 38.5 Å². The van der Waals surface area contributed by atoms with Crippen molar-refractivity contribution in [2.24, 2.45) is 5.73 Å². The predicted octanol–water partition coefficient (Wildman–Crippen LogP) is 2.03. The SMILES string of the molecule is CNS(=O)(=O)c1ccccc1OCC1(N)CCCCCC1. The van der Waals surface area contributed by atoms with Crippen molar-refractivity contribution < 1.29 is 13.2 Å². The standard InChI is InChI=1S/C15H24N2O3S/c1-17-21(18,19)14-9-5-4-8-13(14)20-12-15(16)10-6-2-3-7-11-15/h4-5,8-9,17H,2-3,6-7,10-12,16H2,1H3. The summed E-state index contributed by atoms with van der Waals surface area (Å²) in [5, 5.41) is 0. The smallest absolute Gasteiger partial charge is 0.243 e. The van der Waals surface area contributed by atoms with Crippen LogP contribution in [0.15, 0.2) is 29.2 Å². The Labute approximate surface area is 126 Å². The third-order valence-electron chi connectivity index (χ3n) is 4.02. The molecule has 0 amide bonds. The molecule has 0 aliphatic heterocycles. The average molecular weight is 312 g/mol. The van der Waals surface area contributed by atoms with E-state index in [0.717, 1.165) is 25.7 Å². The van der Waals surface area contributed by atoms with Crippen molar-refractivity contribution in [1.82, 2.24) is 4.72 Å². The van der Waals surface area contributed by atoms with Gasteiger partial charge in [-0.1, -0.05) is 37.8 Å². The van der Waals surface area contributed by atoms with E-state index in [9.17, 15) is 8.42 Å². The first-order chi connectivity index (χ1) is 9.97. The molecule has 0 unspecified atom stereocenters. The number of ether oxygens (including phenoxy) is 1. The molecule has 1 aromatic carbocycles. The summed E-state index contributed by atoms with van der Waals surface area (Å²) in [5.74, 6) is 0.362. The van der Waals surface area contributed by atoms with Crippen LogP contribution in [0, 0.1) is 0 Å². The molecule has 21 heavy (non-hydrogen) atoms. The van der Waals surface area contributed by atoms with Gasteiger partial charge in [0.2, 0.25) is 10.0 Å². The van der Waals surface area contributed by atoms with Crippen LogP contribution in [0.2, 0.25) is 0 Å². The quantitative estimate of drug-likeness (QED) is 0.815. The topological polar surface area (TPSA) is 81.4 Å². The van der Waals surface area contributed by atoms with Crippen molar-refractivity contribution in [1.29, 1.82) is 0 Å². The molecule has 0 aromatic heterocycles. The number of hydrogen-bond acceptors (Lipinski definition) is 4. The summed E-state index contributed by atoms with van der Waals surface area (Å²) in [6.07, 6.45) is 6.49. The number of sulfonamides is 1. The van der Waals surface area contributed by atoms with Gasteiger partial charge in [0.1, 0.15) is 17.3 Å². The molecule has 1 aliphatic carbocycles. The number of rotatable bonds is 5. The van der Waals surface area contributed by atoms with E-state index in [-0.39, 0.29) is 10.4 Å². The minimum atomic E-state index is -3.52. The second-order valence-corrected chi connectivity index (χ2v) is 7.57. The second-order valence-electron chi connectivity index (χ2n) is 5.72. The molecule has 0 bridgehead atoms. The molecular formula is C15H24N2O3S. The van der Waals surface area contributed by atoms with Gasteiger partial charge in [0.05, 0.1) is 5.54 Å². The first kappa shape index (κ1) is 16.3. The highest BCUT2D eigenvalue weighted by molar-refractivity contribution is 7.89. The van der Waals surface area contributed by atoms with E-state index in [0.29, 0.717) is 12.4 Å². The van der Waals surface area contributed by atoms with E-state index in [1.54, 1.807) is 18.2 Å². The Morgan fingerprint density at radius 1 is 1.19 bits per heavy atom. The lowest BCUT2D eigenvalue weighted by Crippen LogP contribution is -2.45. The number of nitrogens with one attached hydrogen (secondary N) is 1. The second kappa shape index (κ2) is 6.77. The maximum Gasteiger partial charge on any atom is 0.243 e. The zero-order valence-corrected chi connectivity index (χ0v) is 13.3. The largest absolute Gasteiger partial charge is 0.490 e. The predicted molar refractivity (Wildman–Crippen MR) is 82.8 cm³/mol. The van der Waals surface area contributed by atoms with E-state index in [1.807, 2.05) is 0 Å². The first-order valence-electron chi connectivity index (χ1n) is 7.41. The van der Waals surface area contributed by atoms with Crippen molar-refractivity contribution in [3.05, 3.63) is 24.3 Å². The number of nitrogens with two attached hydrogens (primary N) is 1. The number of para-hydroxylation sites is 1. The first-order valence-corrected chi connectivity index (χ1v) is 8.89. The van der Waals surface area contributed by atoms with Crippen LogP contribution < -0.4 is 15.2 Å². The minimum absolute atomic E-state index is 0.157. The fraction of sp³-hybridized carbons (Fsp3) is 0.600. The van der Waals surface area contributed by atoms with Crippen molar-refractivity contribution in [3.8, 4) is 5.75 Å². The van der Waals surface area contributed by atoms with Crippen LogP contribution in [0.25, 0.3) is 0 Å². The molecule has 2 rings (SSSR count). The molecule has 0 radical (unpaired) electrons. The third-order valence-corrected chi connectivity index (χ3v) is 5.48. The van der Waals surface area contributed by atoms with Crippen molar-refractivity contribution >= 4 is 10.0 Å². The fourth-order valence-electron chi connectivity index (χ4n) is 2.70. The van der Waals surface area contributed by atoms with E-state index in [2.05, 4.69) is 4.72 Å². The maximum atomic E-state index is 12.0. The van der Waals surface area contributed by atoms with Crippen LogP contribution >= 0.6 is 0 Å². The lowest BCUT2D eigenvalue weighted by molar-refractivity contribution is 0.195. The van der Waals surface area contributed by atoms with Gasteiger partial charge >= 0.3 is 0 Å². The molecule has 1 fully saturated rings. The molecule has 1 aromatic rings. The van der Waals surface area contributed by atoms with E-state index in [4.69, 9.17) is 10.5 Å². The van der Waals surface area contributed by atoms with Crippen molar-refractivity contribution in [3.63, 3.8) is 0 Å². The highest BCUT2D eigenvalue weighted by Gasteiger charge is 2.28. The summed E-state index contributed by atoms with van der Waals surface area (Å²) in [6.45, 7) is 0.350. The summed E-state index contributed by atoms with van der Waals surface area (Å²) in [6, 6.07) is 6.66. The molecule has 0 spiro atoms. The molecule has 1 aliphatic rings. The van der Waals surface area contributed by atoms with Gasteiger partial charge in [0, 0.05) is 0 Å². The van der Waals surface area contributed by atoms with E-state index >= 15 is 0 Å². The summed E-state index contributed by atoms with van der Waals surface area (Å²) < 4.78 is 32.1. The lowest BCUT2D eigenvalue weighted by atomic mass is 9.92. The van der Waals surface area contributed by atoms with Gasteiger partial charge in [-0.3, -0.25) is 0 Å². The number of benzene rings is 1. The Morgan fingerprint density at radius 2 is 1.81 bits per heavy atom. The van der Waals surface area contributed by atoms with Gasteiger partial charge in [-0.05, 0) is 32.0 Å². The van der Waals surface area contributed by atoms with Gasteiger partial charge in [-0.2, -0.15) is 0 Å². The molecule has 3 N–H and O–H groups in total. The molecule has 6 heteroatoms. The molecular weight excluding hydrogens is 288 g/mol. The molecule has 0 heterocycles. The Bertz CT molecular complexity index is 564. The van der Waals surface area contributed by atoms with Crippen molar-refractivity contribution in [2.45, 2.75) is 49.0 Å². The zero-order valence-electron chi connectivity index (χ0n) is 12.5. The molecule has 1 saturated carbocycles. The lowest BCUT2D eigenvalue weighted by Gasteiger charge is -2.28. The van der Waals surface area contributed by atoms with E-state index in [1.165, 1.54) is 26.0 Å². The number of hydrogen-bond donors (Lipinski definition) is 2. The van der Waals surface area contributed by atoms with Gasteiger partial charge < -0.3 is 10.5 Å². The van der Waals surface area contributed by atoms with Gasteiger partial charge in [-0.25, -0.2) is 13.1 Å². The van der Waals surface area contributed by atoms with Gasteiger partial charge in [-0.15, -0.1) is 0 Å². The van der Waals surface area contributed by atoms with Crippen LogP contribution in [0.4, 0.5) is 0 Å². The Hall–Kier alpha value is -1.11. The summed E-state index contributed by atoms with van der Waals surface area (Å²) in [4.78, 5) is 0.157. The average Bonchev–Trinajstić information content (AvgIpc) is 2.71. The summed E-state index contributed by atoms with van der Waals surface area (Å²) >= 11 is 0. The Balaban J connectivity index is 2.13. The molecule has 5 nitrogen and oxygen atoms in total. The summed E-state index contributed by atoms with van der Waals surface area (Å²) in [7, 11) is -2.13. The zero-order chi connectivity index (χ0) is 15.3. The summed E-state index contributed by atoms with van der Waals surface area (Å²) in [5.41, 5.74) is 6.05. The normalized spacial score (nSPS) is 19.0. The highest BCUT2D eigenvalue weighted by atomic mass is 32.2. The van der Waals surface area contributed by atoms with Gasteiger partial charge in [0.25, 0.3) is 0 Å². The molecule has 0 atom stereocenters. The van der Waals surface area contributed by atoms with Crippen LogP contribution in [0.5, 0.6) is 5.75 Å². The third kappa shape index (κ3) is 4.18. The Morgan fingerprint density at radius 3 is 2.43 bits per heavy atom. The van der Waals surface area contributed by atoms with Crippen LogP contribution in [-0.2, 0) is 10.0 Å². The minimum Gasteiger partial charge on any atom is -0.490 e. The van der Waals surface area contributed by atoms with Crippen molar-refractivity contribution in [2.75, 3.05) is 13.7 Å². The monoisotopic (exact) mass is 312 g/mol. The Kier molecular flexibility index (Phi) is 5.24.